The van der Waals surface area contributed by atoms with E-state index in [9.17, 15) is 13.2 Å². The van der Waals surface area contributed by atoms with E-state index in [1.54, 1.807) is 0 Å². The van der Waals surface area contributed by atoms with Gasteiger partial charge in [-0.3, -0.25) is 4.79 Å². The van der Waals surface area contributed by atoms with Gasteiger partial charge in [-0.05, 0) is 63.2 Å². The Morgan fingerprint density at radius 2 is 1.70 bits per heavy atom. The lowest BCUT2D eigenvalue weighted by molar-refractivity contribution is -0.137. The molecule has 2 saturated heterocycles. The van der Waals surface area contributed by atoms with E-state index in [4.69, 9.17) is 9.84 Å². The molecule has 27 heavy (non-hydrogen) atoms. The fourth-order valence-electron chi connectivity index (χ4n) is 5.23. The van der Waals surface area contributed by atoms with Crippen molar-refractivity contribution >= 4 is 15.8 Å². The number of hydrogen-bond acceptors (Lipinski definition) is 4. The molecule has 0 unspecified atom stereocenters. The van der Waals surface area contributed by atoms with E-state index in [-0.39, 0.29) is 23.9 Å². The van der Waals surface area contributed by atoms with Gasteiger partial charge >= 0.3 is 5.97 Å². The molecule has 0 amide bonds. The molecule has 1 N–H and O–H groups in total. The molecule has 154 valence electrons. The van der Waals surface area contributed by atoms with E-state index in [1.165, 1.54) is 6.42 Å². The molecule has 3 aliphatic rings. The Labute approximate surface area is 163 Å². The van der Waals surface area contributed by atoms with E-state index in [0.29, 0.717) is 24.0 Å². The molecule has 3 fully saturated rings. The predicted octanol–water partition coefficient (Wildman–Crippen LogP) is 4.12. The third-order valence-corrected chi connectivity index (χ3v) is 9.01. The topological polar surface area (TPSA) is 80.7 Å². The number of hydrogen-bond donors (Lipinski definition) is 1. The Kier molecular flexibility index (Phi) is 7.37. The van der Waals surface area contributed by atoms with Crippen molar-refractivity contribution in [1.29, 1.82) is 0 Å². The van der Waals surface area contributed by atoms with Crippen LogP contribution in [0.1, 0.15) is 77.0 Å². The van der Waals surface area contributed by atoms with Gasteiger partial charge < -0.3 is 9.84 Å². The number of carbonyl (C=O) groups is 1. The van der Waals surface area contributed by atoms with Crippen LogP contribution in [0.5, 0.6) is 0 Å². The molecule has 2 heterocycles. The highest BCUT2D eigenvalue weighted by atomic mass is 32.2. The van der Waals surface area contributed by atoms with Crippen LogP contribution in [0.3, 0.4) is 0 Å². The number of ether oxygens (including phenoxy) is 1. The SMILES string of the molecule is O=C(O)CCC/C=C\C[C@@H]1[C@H](CCS(=O)(=O)C2CCCCC2)[C@@H]2CC[C@H]1O2. The number of rotatable bonds is 10. The zero-order valence-electron chi connectivity index (χ0n) is 16.2. The third-order valence-electron chi connectivity index (χ3n) is 6.72. The Morgan fingerprint density at radius 3 is 2.41 bits per heavy atom. The van der Waals surface area contributed by atoms with Gasteiger partial charge in [0, 0.05) is 6.42 Å². The first-order valence-electron chi connectivity index (χ1n) is 10.7. The largest absolute Gasteiger partial charge is 0.481 e. The molecule has 4 atom stereocenters. The molecule has 0 spiro atoms. The summed E-state index contributed by atoms with van der Waals surface area (Å²) in [6.07, 6.45) is 15.2. The molecule has 5 nitrogen and oxygen atoms in total. The summed E-state index contributed by atoms with van der Waals surface area (Å²) >= 11 is 0. The Bertz CT molecular complexity index is 620. The highest BCUT2D eigenvalue weighted by Crippen LogP contribution is 2.47. The number of carboxylic acids is 1. The van der Waals surface area contributed by atoms with Gasteiger partial charge in [-0.15, -0.1) is 0 Å². The summed E-state index contributed by atoms with van der Waals surface area (Å²) in [5.41, 5.74) is 0. The molecule has 3 rings (SSSR count). The van der Waals surface area contributed by atoms with Crippen LogP contribution < -0.4 is 0 Å². The summed E-state index contributed by atoms with van der Waals surface area (Å²) in [4.78, 5) is 10.5. The highest BCUT2D eigenvalue weighted by molar-refractivity contribution is 7.92. The first-order valence-corrected chi connectivity index (χ1v) is 12.4. The van der Waals surface area contributed by atoms with Crippen LogP contribution in [0.25, 0.3) is 0 Å². The minimum absolute atomic E-state index is 0.113. The lowest BCUT2D eigenvalue weighted by Crippen LogP contribution is -2.32. The second kappa shape index (κ2) is 9.55. The molecule has 6 heteroatoms. The minimum Gasteiger partial charge on any atom is -0.481 e. The minimum atomic E-state index is -2.98. The van der Waals surface area contributed by atoms with Gasteiger partial charge in [0.2, 0.25) is 0 Å². The van der Waals surface area contributed by atoms with Crippen molar-refractivity contribution < 1.29 is 23.1 Å². The van der Waals surface area contributed by atoms with Crippen molar-refractivity contribution in [1.82, 2.24) is 0 Å². The highest BCUT2D eigenvalue weighted by Gasteiger charge is 2.48. The van der Waals surface area contributed by atoms with Crippen LogP contribution in [0.2, 0.25) is 0 Å². The number of carboxylic acid groups (broad SMARTS) is 1. The summed E-state index contributed by atoms with van der Waals surface area (Å²) in [6, 6.07) is 0. The Morgan fingerprint density at radius 1 is 1.00 bits per heavy atom. The normalized spacial score (nSPS) is 31.7. The van der Waals surface area contributed by atoms with Crippen LogP contribution in [-0.2, 0) is 19.4 Å². The standard InChI is InChI=1S/C21H34O5S/c22-21(23)11-7-2-1-6-10-17-18(20-13-12-19(17)26-20)14-15-27(24,25)16-8-4-3-5-9-16/h1,6,16-20H,2-5,7-15H2,(H,22,23)/b6-1-/t17-,18+,19-,20+/m1/s1. The second-order valence-corrected chi connectivity index (χ2v) is 10.9. The maximum absolute atomic E-state index is 12.7. The van der Waals surface area contributed by atoms with E-state index >= 15 is 0 Å². The van der Waals surface area contributed by atoms with E-state index in [1.807, 2.05) is 0 Å². The molecule has 0 aromatic rings. The van der Waals surface area contributed by atoms with E-state index < -0.39 is 15.8 Å². The molecular weight excluding hydrogens is 364 g/mol. The average molecular weight is 399 g/mol. The molecular formula is C21H34O5S. The van der Waals surface area contributed by atoms with Crippen LogP contribution in [0, 0.1) is 11.8 Å². The maximum Gasteiger partial charge on any atom is 0.303 e. The van der Waals surface area contributed by atoms with Gasteiger partial charge in [0.1, 0.15) is 0 Å². The van der Waals surface area contributed by atoms with Gasteiger partial charge in [-0.2, -0.15) is 0 Å². The van der Waals surface area contributed by atoms with Crippen LogP contribution in [0.4, 0.5) is 0 Å². The number of allylic oxidation sites excluding steroid dienone is 2. The number of sulfone groups is 1. The predicted molar refractivity (Wildman–Crippen MR) is 105 cm³/mol. The van der Waals surface area contributed by atoms with Crippen LogP contribution in [-0.4, -0.2) is 42.7 Å². The Hall–Kier alpha value is -0.880. The summed E-state index contributed by atoms with van der Waals surface area (Å²) in [6.45, 7) is 0. The van der Waals surface area contributed by atoms with Crippen molar-refractivity contribution in [3.63, 3.8) is 0 Å². The summed E-state index contributed by atoms with van der Waals surface area (Å²) < 4.78 is 31.6. The quantitative estimate of drug-likeness (QED) is 0.442. The van der Waals surface area contributed by atoms with Crippen molar-refractivity contribution in [2.75, 3.05) is 5.75 Å². The fourth-order valence-corrected chi connectivity index (χ4v) is 7.22. The summed E-state index contributed by atoms with van der Waals surface area (Å²) in [7, 11) is -2.98. The first-order chi connectivity index (χ1) is 13.0. The van der Waals surface area contributed by atoms with Crippen LogP contribution >= 0.6 is 0 Å². The fraction of sp³-hybridized carbons (Fsp3) is 0.857. The van der Waals surface area contributed by atoms with Crippen LogP contribution in [0.15, 0.2) is 12.2 Å². The second-order valence-electron chi connectivity index (χ2n) is 8.53. The van der Waals surface area contributed by atoms with E-state index in [2.05, 4.69) is 12.2 Å². The van der Waals surface area contributed by atoms with Crippen molar-refractivity contribution in [3.8, 4) is 0 Å². The van der Waals surface area contributed by atoms with Gasteiger partial charge in [-0.1, -0.05) is 31.4 Å². The molecule has 2 aliphatic heterocycles. The maximum atomic E-state index is 12.7. The molecule has 0 aromatic heterocycles. The zero-order chi connectivity index (χ0) is 19.3. The molecule has 0 radical (unpaired) electrons. The molecule has 1 aliphatic carbocycles. The van der Waals surface area contributed by atoms with Gasteiger partial charge in [0.05, 0.1) is 23.2 Å². The van der Waals surface area contributed by atoms with Gasteiger partial charge in [-0.25, -0.2) is 8.42 Å². The monoisotopic (exact) mass is 398 g/mol. The number of unbranched alkanes of at least 4 members (excludes halogenated alkanes) is 1. The lowest BCUT2D eigenvalue weighted by atomic mass is 9.76. The Balaban J connectivity index is 1.49. The first kappa shape index (κ1) is 20.8. The summed E-state index contributed by atoms with van der Waals surface area (Å²) in [5, 5.41) is 8.57. The lowest BCUT2D eigenvalue weighted by Gasteiger charge is -2.28. The van der Waals surface area contributed by atoms with Crippen molar-refractivity contribution in [2.45, 2.75) is 94.5 Å². The smallest absolute Gasteiger partial charge is 0.303 e. The number of aliphatic carboxylic acids is 1. The van der Waals surface area contributed by atoms with Crippen molar-refractivity contribution in [3.05, 3.63) is 12.2 Å². The van der Waals surface area contributed by atoms with Gasteiger partial charge in [0.15, 0.2) is 9.84 Å². The van der Waals surface area contributed by atoms with Gasteiger partial charge in [0.25, 0.3) is 0 Å². The zero-order valence-corrected chi connectivity index (χ0v) is 17.0. The number of fused-ring (bicyclic) bond motifs is 2. The molecule has 1 saturated carbocycles. The molecule has 2 bridgehead atoms. The summed E-state index contributed by atoms with van der Waals surface area (Å²) in [5.74, 6) is 0.337. The van der Waals surface area contributed by atoms with Crippen molar-refractivity contribution in [2.24, 2.45) is 11.8 Å². The van der Waals surface area contributed by atoms with E-state index in [0.717, 1.165) is 57.8 Å². The third kappa shape index (κ3) is 5.57. The average Bonchev–Trinajstić information content (AvgIpc) is 3.25. The molecule has 0 aromatic carbocycles.